The largest absolute Gasteiger partial charge is 0.480 e. The highest BCUT2D eigenvalue weighted by Crippen LogP contribution is 2.33. The Bertz CT molecular complexity index is 198. The average molecular weight is 171 g/mol. The second kappa shape index (κ2) is 3.56. The van der Waals surface area contributed by atoms with Crippen molar-refractivity contribution < 1.29 is 14.7 Å². The summed E-state index contributed by atoms with van der Waals surface area (Å²) in [6, 6.07) is -0.685. The summed E-state index contributed by atoms with van der Waals surface area (Å²) >= 11 is 0. The molecular weight excluding hydrogens is 158 g/mol. The van der Waals surface area contributed by atoms with Gasteiger partial charge in [-0.05, 0) is 12.3 Å². The van der Waals surface area contributed by atoms with E-state index in [1.807, 2.05) is 0 Å². The zero-order valence-corrected chi connectivity index (χ0v) is 7.04. The van der Waals surface area contributed by atoms with Crippen LogP contribution in [0.1, 0.15) is 26.2 Å². The Morgan fingerprint density at radius 2 is 2.17 bits per heavy atom. The minimum absolute atomic E-state index is 0.275. The lowest BCUT2D eigenvalue weighted by atomic mass is 10.1. The van der Waals surface area contributed by atoms with Crippen molar-refractivity contribution >= 4 is 11.9 Å². The molecule has 0 radical (unpaired) electrons. The third-order valence-electron chi connectivity index (χ3n) is 1.94. The predicted octanol–water partition coefficient (Wildman–Crippen LogP) is 0.376. The van der Waals surface area contributed by atoms with E-state index < -0.39 is 12.0 Å². The van der Waals surface area contributed by atoms with Crippen molar-refractivity contribution in [3.05, 3.63) is 0 Å². The van der Waals surface area contributed by atoms with E-state index in [1.165, 1.54) is 6.92 Å². The lowest BCUT2D eigenvalue weighted by molar-refractivity contribution is -0.141. The fraction of sp³-hybridized carbons (Fsp3) is 0.750. The van der Waals surface area contributed by atoms with Gasteiger partial charge in [-0.2, -0.15) is 0 Å². The normalized spacial score (nSPS) is 18.4. The summed E-state index contributed by atoms with van der Waals surface area (Å²) in [7, 11) is 0. The zero-order chi connectivity index (χ0) is 9.14. The van der Waals surface area contributed by atoms with E-state index in [4.69, 9.17) is 5.11 Å². The van der Waals surface area contributed by atoms with Gasteiger partial charge in [0, 0.05) is 6.92 Å². The number of hydrogen-bond donors (Lipinski definition) is 2. The molecule has 0 aromatic rings. The summed E-state index contributed by atoms with van der Waals surface area (Å²) in [5, 5.41) is 11.1. The standard InChI is InChI=1S/C8H13NO3/c1-5(10)9-7(8(11)12)4-6-2-3-6/h6-7H,2-4H2,1H3,(H,9,10)(H,11,12)/t7-/m0/s1. The Hall–Kier alpha value is -1.06. The van der Waals surface area contributed by atoms with E-state index in [1.54, 1.807) is 0 Å². The van der Waals surface area contributed by atoms with Gasteiger partial charge in [0.05, 0.1) is 0 Å². The van der Waals surface area contributed by atoms with Crippen LogP contribution in [0.5, 0.6) is 0 Å². The number of rotatable bonds is 4. The van der Waals surface area contributed by atoms with Crippen LogP contribution in [0.3, 0.4) is 0 Å². The number of amides is 1. The number of hydrogen-bond acceptors (Lipinski definition) is 2. The van der Waals surface area contributed by atoms with Crippen LogP contribution in [-0.2, 0) is 9.59 Å². The lowest BCUT2D eigenvalue weighted by Gasteiger charge is -2.11. The molecule has 0 spiro atoms. The first-order chi connectivity index (χ1) is 5.59. The van der Waals surface area contributed by atoms with Crippen molar-refractivity contribution in [2.45, 2.75) is 32.2 Å². The number of aliphatic carboxylic acids is 1. The van der Waals surface area contributed by atoms with Gasteiger partial charge in [0.15, 0.2) is 0 Å². The Kier molecular flexibility index (Phi) is 2.68. The molecule has 1 amide bonds. The molecule has 0 aromatic carbocycles. The predicted molar refractivity (Wildman–Crippen MR) is 42.6 cm³/mol. The molecule has 4 nitrogen and oxygen atoms in total. The van der Waals surface area contributed by atoms with E-state index >= 15 is 0 Å². The topological polar surface area (TPSA) is 66.4 Å². The minimum atomic E-state index is -0.933. The van der Waals surface area contributed by atoms with E-state index in [0.717, 1.165) is 12.8 Å². The molecule has 68 valence electrons. The molecule has 1 fully saturated rings. The Balaban J connectivity index is 2.36. The van der Waals surface area contributed by atoms with Gasteiger partial charge in [-0.25, -0.2) is 4.79 Å². The fourth-order valence-corrected chi connectivity index (χ4v) is 1.15. The molecule has 1 saturated carbocycles. The molecule has 0 aliphatic heterocycles. The number of carboxylic acids is 1. The van der Waals surface area contributed by atoms with Crippen molar-refractivity contribution in [1.82, 2.24) is 5.32 Å². The maximum atomic E-state index is 10.6. The monoisotopic (exact) mass is 171 g/mol. The Morgan fingerprint density at radius 1 is 1.58 bits per heavy atom. The van der Waals surface area contributed by atoms with Gasteiger partial charge in [-0.15, -0.1) is 0 Å². The van der Waals surface area contributed by atoms with Crippen molar-refractivity contribution in [3.8, 4) is 0 Å². The highest BCUT2D eigenvalue weighted by molar-refractivity contribution is 5.82. The number of carbonyl (C=O) groups is 2. The van der Waals surface area contributed by atoms with Crippen molar-refractivity contribution in [2.24, 2.45) is 5.92 Å². The smallest absolute Gasteiger partial charge is 0.326 e. The van der Waals surface area contributed by atoms with Crippen LogP contribution in [0.25, 0.3) is 0 Å². The quantitative estimate of drug-likeness (QED) is 0.642. The first-order valence-electron chi connectivity index (χ1n) is 4.09. The third-order valence-corrected chi connectivity index (χ3v) is 1.94. The third kappa shape index (κ3) is 2.90. The molecule has 0 aromatic heterocycles. The molecule has 12 heavy (non-hydrogen) atoms. The molecule has 0 heterocycles. The van der Waals surface area contributed by atoms with E-state index in [-0.39, 0.29) is 5.91 Å². The van der Waals surface area contributed by atoms with Crippen molar-refractivity contribution in [2.75, 3.05) is 0 Å². The first kappa shape index (κ1) is 9.03. The maximum absolute atomic E-state index is 10.6. The molecule has 1 atom stereocenters. The highest BCUT2D eigenvalue weighted by atomic mass is 16.4. The molecule has 0 bridgehead atoms. The molecule has 1 aliphatic rings. The van der Waals surface area contributed by atoms with Crippen LogP contribution in [0, 0.1) is 5.92 Å². The van der Waals surface area contributed by atoms with Gasteiger partial charge in [0.1, 0.15) is 6.04 Å². The van der Waals surface area contributed by atoms with Gasteiger partial charge < -0.3 is 10.4 Å². The molecule has 1 rings (SSSR count). The molecule has 4 heteroatoms. The number of nitrogens with one attached hydrogen (secondary N) is 1. The summed E-state index contributed by atoms with van der Waals surface area (Å²) < 4.78 is 0. The second-order valence-electron chi connectivity index (χ2n) is 3.27. The van der Waals surface area contributed by atoms with E-state index in [9.17, 15) is 9.59 Å². The van der Waals surface area contributed by atoms with E-state index in [0.29, 0.717) is 12.3 Å². The van der Waals surface area contributed by atoms with Gasteiger partial charge in [0.2, 0.25) is 5.91 Å². The summed E-state index contributed by atoms with van der Waals surface area (Å²) in [5.74, 6) is -0.696. The van der Waals surface area contributed by atoms with Gasteiger partial charge in [-0.1, -0.05) is 12.8 Å². The summed E-state index contributed by atoms with van der Waals surface area (Å²) in [6.07, 6.45) is 2.78. The summed E-state index contributed by atoms with van der Waals surface area (Å²) in [4.78, 5) is 21.2. The van der Waals surface area contributed by atoms with Crippen LogP contribution >= 0.6 is 0 Å². The molecular formula is C8H13NO3. The average Bonchev–Trinajstić information content (AvgIpc) is 2.68. The molecule has 0 saturated heterocycles. The van der Waals surface area contributed by atoms with Gasteiger partial charge in [0.25, 0.3) is 0 Å². The van der Waals surface area contributed by atoms with Gasteiger partial charge in [-0.3, -0.25) is 4.79 Å². The Morgan fingerprint density at radius 3 is 2.50 bits per heavy atom. The van der Waals surface area contributed by atoms with Crippen LogP contribution in [0.2, 0.25) is 0 Å². The van der Waals surface area contributed by atoms with Crippen molar-refractivity contribution in [3.63, 3.8) is 0 Å². The lowest BCUT2D eigenvalue weighted by Crippen LogP contribution is -2.39. The fourth-order valence-electron chi connectivity index (χ4n) is 1.15. The van der Waals surface area contributed by atoms with E-state index in [2.05, 4.69) is 5.32 Å². The summed E-state index contributed by atoms with van der Waals surface area (Å²) in [6.45, 7) is 1.34. The Labute approximate surface area is 71.0 Å². The zero-order valence-electron chi connectivity index (χ0n) is 7.04. The SMILES string of the molecule is CC(=O)N[C@@H](CC1CC1)C(=O)O. The second-order valence-corrected chi connectivity index (χ2v) is 3.27. The molecule has 0 unspecified atom stereocenters. The first-order valence-corrected chi connectivity index (χ1v) is 4.09. The van der Waals surface area contributed by atoms with Crippen molar-refractivity contribution in [1.29, 1.82) is 0 Å². The molecule has 2 N–H and O–H groups in total. The molecule has 1 aliphatic carbocycles. The summed E-state index contributed by atoms with van der Waals surface area (Å²) in [5.41, 5.74) is 0. The van der Waals surface area contributed by atoms with Crippen LogP contribution in [0.15, 0.2) is 0 Å². The maximum Gasteiger partial charge on any atom is 0.326 e. The van der Waals surface area contributed by atoms with Crippen LogP contribution in [0.4, 0.5) is 0 Å². The highest BCUT2D eigenvalue weighted by Gasteiger charge is 2.29. The van der Waals surface area contributed by atoms with Crippen LogP contribution in [-0.4, -0.2) is 23.0 Å². The number of carboxylic acid groups (broad SMARTS) is 1. The number of carbonyl (C=O) groups excluding carboxylic acids is 1. The minimum Gasteiger partial charge on any atom is -0.480 e. The van der Waals surface area contributed by atoms with Gasteiger partial charge >= 0.3 is 5.97 Å². The van der Waals surface area contributed by atoms with Crippen LogP contribution < -0.4 is 5.32 Å².